The lowest BCUT2D eigenvalue weighted by molar-refractivity contribution is 0.220. The van der Waals surface area contributed by atoms with Gasteiger partial charge in [0.25, 0.3) is 0 Å². The van der Waals surface area contributed by atoms with Crippen LogP contribution in [0.15, 0.2) is 11.8 Å². The highest BCUT2D eigenvalue weighted by molar-refractivity contribution is 5.08. The largest absolute Gasteiger partial charge is 0.496 e. The van der Waals surface area contributed by atoms with E-state index in [9.17, 15) is 0 Å². The molecule has 0 spiro atoms. The lowest BCUT2D eigenvalue weighted by Crippen LogP contribution is -2.23. The van der Waals surface area contributed by atoms with Gasteiger partial charge in [0.05, 0.1) is 12.6 Å². The predicted molar refractivity (Wildman–Crippen MR) is 39.7 cm³/mol. The van der Waals surface area contributed by atoms with Crippen molar-refractivity contribution in [1.82, 2.24) is 5.32 Å². The minimum absolute atomic E-state index is 0.544. The standard InChI is InChI=1S/C8H13NO/c1-3-7(9-5-1)8-4-2-6-10-8/h4,7,9H,1-3,5-6H2. The molecule has 0 saturated carbocycles. The van der Waals surface area contributed by atoms with Crippen molar-refractivity contribution in [2.24, 2.45) is 0 Å². The molecular weight excluding hydrogens is 126 g/mol. The SMILES string of the molecule is C1=C(C2CCCN2)OCC1. The van der Waals surface area contributed by atoms with E-state index in [1.165, 1.54) is 18.6 Å². The molecule has 2 heterocycles. The quantitative estimate of drug-likeness (QED) is 0.586. The second-order valence-corrected chi connectivity index (χ2v) is 2.89. The third-order valence-corrected chi connectivity index (χ3v) is 2.14. The Balaban J connectivity index is 1.97. The zero-order valence-electron chi connectivity index (χ0n) is 6.10. The van der Waals surface area contributed by atoms with Crippen molar-refractivity contribution in [1.29, 1.82) is 0 Å². The van der Waals surface area contributed by atoms with Crippen molar-refractivity contribution < 1.29 is 4.74 Å². The summed E-state index contributed by atoms with van der Waals surface area (Å²) in [6, 6.07) is 0.544. The summed E-state index contributed by atoms with van der Waals surface area (Å²) in [5.41, 5.74) is 0. The number of ether oxygens (including phenoxy) is 1. The Morgan fingerprint density at radius 3 is 3.20 bits per heavy atom. The molecule has 0 aromatic carbocycles. The second-order valence-electron chi connectivity index (χ2n) is 2.89. The van der Waals surface area contributed by atoms with E-state index in [1.54, 1.807) is 0 Å². The van der Waals surface area contributed by atoms with E-state index < -0.39 is 0 Å². The van der Waals surface area contributed by atoms with Gasteiger partial charge in [0.1, 0.15) is 5.76 Å². The first-order valence-corrected chi connectivity index (χ1v) is 4.03. The summed E-state index contributed by atoms with van der Waals surface area (Å²) in [6.07, 6.45) is 5.87. The highest BCUT2D eigenvalue weighted by Gasteiger charge is 2.21. The van der Waals surface area contributed by atoms with Crippen molar-refractivity contribution >= 4 is 0 Å². The van der Waals surface area contributed by atoms with Gasteiger partial charge in [-0.3, -0.25) is 0 Å². The maximum absolute atomic E-state index is 5.44. The number of rotatable bonds is 1. The van der Waals surface area contributed by atoms with E-state index in [-0.39, 0.29) is 0 Å². The molecule has 0 amide bonds. The van der Waals surface area contributed by atoms with Crippen LogP contribution < -0.4 is 5.32 Å². The molecule has 1 N–H and O–H groups in total. The Kier molecular flexibility index (Phi) is 1.63. The maximum atomic E-state index is 5.44. The van der Waals surface area contributed by atoms with Gasteiger partial charge in [-0.05, 0) is 25.5 Å². The van der Waals surface area contributed by atoms with Crippen LogP contribution in [0.5, 0.6) is 0 Å². The molecule has 2 nitrogen and oxygen atoms in total. The van der Waals surface area contributed by atoms with Gasteiger partial charge in [-0.2, -0.15) is 0 Å². The van der Waals surface area contributed by atoms with Gasteiger partial charge in [-0.25, -0.2) is 0 Å². The van der Waals surface area contributed by atoms with Gasteiger partial charge in [-0.15, -0.1) is 0 Å². The summed E-state index contributed by atoms with van der Waals surface area (Å²) in [6.45, 7) is 2.05. The van der Waals surface area contributed by atoms with Gasteiger partial charge in [0, 0.05) is 6.42 Å². The van der Waals surface area contributed by atoms with E-state index in [0.717, 1.165) is 19.6 Å². The molecule has 0 aromatic heterocycles. The Morgan fingerprint density at radius 2 is 2.60 bits per heavy atom. The molecule has 1 saturated heterocycles. The van der Waals surface area contributed by atoms with E-state index in [0.29, 0.717) is 6.04 Å². The lowest BCUT2D eigenvalue weighted by atomic mass is 10.2. The Hall–Kier alpha value is -0.500. The molecule has 0 bridgehead atoms. The van der Waals surface area contributed by atoms with Crippen molar-refractivity contribution in [3.63, 3.8) is 0 Å². The van der Waals surface area contributed by atoms with Gasteiger partial charge >= 0.3 is 0 Å². The molecule has 2 aliphatic rings. The highest BCUT2D eigenvalue weighted by Crippen LogP contribution is 2.19. The van der Waals surface area contributed by atoms with Crippen molar-refractivity contribution in [2.75, 3.05) is 13.2 Å². The first-order valence-electron chi connectivity index (χ1n) is 4.03. The van der Waals surface area contributed by atoms with Gasteiger partial charge < -0.3 is 10.1 Å². The molecule has 2 aliphatic heterocycles. The summed E-state index contributed by atoms with van der Waals surface area (Å²) in [4.78, 5) is 0. The summed E-state index contributed by atoms with van der Waals surface area (Å²) in [5, 5.41) is 3.41. The molecule has 0 aliphatic carbocycles. The van der Waals surface area contributed by atoms with Crippen LogP contribution in [0, 0.1) is 0 Å². The molecule has 1 atom stereocenters. The summed E-state index contributed by atoms with van der Waals surface area (Å²) >= 11 is 0. The molecule has 56 valence electrons. The second kappa shape index (κ2) is 2.62. The van der Waals surface area contributed by atoms with Crippen LogP contribution >= 0.6 is 0 Å². The fourth-order valence-corrected chi connectivity index (χ4v) is 1.61. The Morgan fingerprint density at radius 1 is 1.60 bits per heavy atom. The van der Waals surface area contributed by atoms with Crippen LogP contribution in [0.4, 0.5) is 0 Å². The van der Waals surface area contributed by atoms with Crippen molar-refractivity contribution in [3.05, 3.63) is 11.8 Å². The monoisotopic (exact) mass is 139 g/mol. The molecule has 1 unspecified atom stereocenters. The number of hydrogen-bond acceptors (Lipinski definition) is 2. The van der Waals surface area contributed by atoms with Gasteiger partial charge in [-0.1, -0.05) is 0 Å². The minimum Gasteiger partial charge on any atom is -0.496 e. The van der Waals surface area contributed by atoms with Crippen LogP contribution in [0.1, 0.15) is 19.3 Å². The first-order chi connectivity index (χ1) is 4.97. The lowest BCUT2D eigenvalue weighted by Gasteiger charge is -2.10. The van der Waals surface area contributed by atoms with Crippen LogP contribution in [-0.4, -0.2) is 19.2 Å². The molecule has 0 aromatic rings. The smallest absolute Gasteiger partial charge is 0.109 e. The normalized spacial score (nSPS) is 32.0. The third kappa shape index (κ3) is 1.03. The fourth-order valence-electron chi connectivity index (χ4n) is 1.61. The van der Waals surface area contributed by atoms with Crippen LogP contribution in [0.3, 0.4) is 0 Å². The minimum atomic E-state index is 0.544. The molecular formula is C8H13NO. The van der Waals surface area contributed by atoms with Crippen molar-refractivity contribution in [2.45, 2.75) is 25.3 Å². The van der Waals surface area contributed by atoms with Crippen LogP contribution in [0.2, 0.25) is 0 Å². The fraction of sp³-hybridized carbons (Fsp3) is 0.750. The zero-order valence-corrected chi connectivity index (χ0v) is 6.10. The summed E-state index contributed by atoms with van der Waals surface area (Å²) in [5.74, 6) is 1.19. The van der Waals surface area contributed by atoms with E-state index in [1.807, 2.05) is 0 Å². The van der Waals surface area contributed by atoms with Crippen LogP contribution in [0.25, 0.3) is 0 Å². The maximum Gasteiger partial charge on any atom is 0.109 e. The predicted octanol–water partition coefficient (Wildman–Crippen LogP) is 1.04. The average Bonchev–Trinajstić information content (AvgIpc) is 2.59. The number of hydrogen-bond donors (Lipinski definition) is 1. The van der Waals surface area contributed by atoms with Crippen LogP contribution in [-0.2, 0) is 4.74 Å². The number of nitrogens with one attached hydrogen (secondary N) is 1. The molecule has 0 radical (unpaired) electrons. The zero-order chi connectivity index (χ0) is 6.81. The van der Waals surface area contributed by atoms with E-state index >= 15 is 0 Å². The topological polar surface area (TPSA) is 21.3 Å². The highest BCUT2D eigenvalue weighted by atomic mass is 16.5. The Bertz CT molecular complexity index is 147. The van der Waals surface area contributed by atoms with Gasteiger partial charge in [0.2, 0.25) is 0 Å². The van der Waals surface area contributed by atoms with E-state index in [4.69, 9.17) is 4.74 Å². The van der Waals surface area contributed by atoms with Gasteiger partial charge in [0.15, 0.2) is 0 Å². The molecule has 10 heavy (non-hydrogen) atoms. The third-order valence-electron chi connectivity index (χ3n) is 2.14. The molecule has 2 rings (SSSR count). The summed E-state index contributed by atoms with van der Waals surface area (Å²) < 4.78 is 5.44. The average molecular weight is 139 g/mol. The van der Waals surface area contributed by atoms with Crippen molar-refractivity contribution in [3.8, 4) is 0 Å². The molecule has 1 fully saturated rings. The summed E-state index contributed by atoms with van der Waals surface area (Å²) in [7, 11) is 0. The Labute approximate surface area is 61.3 Å². The first kappa shape index (κ1) is 6.23. The molecule has 2 heteroatoms. The van der Waals surface area contributed by atoms with E-state index in [2.05, 4.69) is 11.4 Å².